The first-order valence-electron chi connectivity index (χ1n) is 9.25. The first-order chi connectivity index (χ1) is 14.2. The number of rotatable bonds is 9. The molecule has 0 spiro atoms. The van der Waals surface area contributed by atoms with Gasteiger partial charge in [-0.2, -0.15) is 11.8 Å². The highest BCUT2D eigenvalue weighted by molar-refractivity contribution is 7.99. The molecule has 1 unspecified atom stereocenters. The molecular formula is C20H21N5OS3. The number of para-hydroxylation sites is 1. The number of hydrogen-bond donors (Lipinski definition) is 1. The number of fused-ring (bicyclic) bond motifs is 2. The van der Waals surface area contributed by atoms with Crippen molar-refractivity contribution in [3.8, 4) is 0 Å². The molecule has 9 heteroatoms. The van der Waals surface area contributed by atoms with Gasteiger partial charge in [-0.25, -0.2) is 4.98 Å². The fourth-order valence-electron chi connectivity index (χ4n) is 3.05. The summed E-state index contributed by atoms with van der Waals surface area (Å²) in [6, 6.07) is 13.7. The summed E-state index contributed by atoms with van der Waals surface area (Å²) in [5, 5.41) is 12.7. The largest absolute Gasteiger partial charge is 0.345 e. The number of nitrogens with one attached hydrogen (secondary N) is 1. The average Bonchev–Trinajstić information content (AvgIpc) is 3.35. The van der Waals surface area contributed by atoms with E-state index in [4.69, 9.17) is 0 Å². The molecule has 3 heterocycles. The van der Waals surface area contributed by atoms with Gasteiger partial charge in [0.2, 0.25) is 5.91 Å². The summed E-state index contributed by atoms with van der Waals surface area (Å²) in [5.41, 5.74) is 1.81. The van der Waals surface area contributed by atoms with Crippen LogP contribution in [0.2, 0.25) is 0 Å². The number of thiazole rings is 1. The predicted octanol–water partition coefficient (Wildman–Crippen LogP) is 4.18. The fraction of sp³-hybridized carbons (Fsp3) is 0.300. The van der Waals surface area contributed by atoms with Crippen LogP contribution in [0.5, 0.6) is 0 Å². The van der Waals surface area contributed by atoms with E-state index in [1.807, 2.05) is 47.0 Å². The number of pyridine rings is 1. The molecule has 1 N–H and O–H groups in total. The van der Waals surface area contributed by atoms with Crippen LogP contribution in [0.25, 0.3) is 15.9 Å². The van der Waals surface area contributed by atoms with Gasteiger partial charge in [0.05, 0.1) is 22.0 Å². The standard InChI is InChI=1S/C20H21N5OS3/c1-27-11-9-15(20-24-23-17-8-4-5-10-25(17)20)21-18(26)12-28-13-19-22-14-6-2-3-7-16(14)29-19/h2-8,10,15H,9,11-13H2,1H3,(H,21,26). The third-order valence-corrected chi connectivity index (χ3v) is 7.20. The Morgan fingerprint density at radius 2 is 2.07 bits per heavy atom. The number of aromatic nitrogens is 4. The second-order valence-corrected chi connectivity index (χ2v) is 9.54. The Morgan fingerprint density at radius 1 is 1.21 bits per heavy atom. The first kappa shape index (κ1) is 20.2. The lowest BCUT2D eigenvalue weighted by Gasteiger charge is -2.17. The van der Waals surface area contributed by atoms with E-state index in [1.54, 1.807) is 34.9 Å². The summed E-state index contributed by atoms with van der Waals surface area (Å²) in [6.45, 7) is 0. The van der Waals surface area contributed by atoms with E-state index in [9.17, 15) is 4.79 Å². The molecule has 4 rings (SSSR count). The summed E-state index contributed by atoms with van der Waals surface area (Å²) in [5.74, 6) is 2.85. The highest BCUT2D eigenvalue weighted by Crippen LogP contribution is 2.25. The minimum absolute atomic E-state index is 0.00916. The minimum atomic E-state index is -0.157. The lowest BCUT2D eigenvalue weighted by Crippen LogP contribution is -2.31. The van der Waals surface area contributed by atoms with E-state index in [-0.39, 0.29) is 11.9 Å². The number of thioether (sulfide) groups is 2. The van der Waals surface area contributed by atoms with E-state index in [2.05, 4.69) is 32.8 Å². The second-order valence-electron chi connectivity index (χ2n) is 6.46. The smallest absolute Gasteiger partial charge is 0.230 e. The molecule has 0 aliphatic heterocycles. The van der Waals surface area contributed by atoms with Crippen molar-refractivity contribution in [1.82, 2.24) is 24.9 Å². The van der Waals surface area contributed by atoms with Gasteiger partial charge in [0.1, 0.15) is 5.01 Å². The normalized spacial score (nSPS) is 12.4. The van der Waals surface area contributed by atoms with Crippen LogP contribution in [-0.4, -0.2) is 43.3 Å². The molecule has 1 aromatic carbocycles. The van der Waals surface area contributed by atoms with Gasteiger partial charge in [0.25, 0.3) is 0 Å². The number of hydrogen-bond acceptors (Lipinski definition) is 7. The molecule has 150 valence electrons. The quantitative estimate of drug-likeness (QED) is 0.418. The van der Waals surface area contributed by atoms with E-state index < -0.39 is 0 Å². The molecule has 0 fully saturated rings. The van der Waals surface area contributed by atoms with Crippen LogP contribution in [0.4, 0.5) is 0 Å². The maximum atomic E-state index is 12.6. The molecule has 0 saturated carbocycles. The maximum Gasteiger partial charge on any atom is 0.230 e. The topological polar surface area (TPSA) is 72.2 Å². The van der Waals surface area contributed by atoms with E-state index in [0.29, 0.717) is 5.75 Å². The van der Waals surface area contributed by atoms with Crippen LogP contribution in [0.1, 0.15) is 23.3 Å². The average molecular weight is 444 g/mol. The molecule has 0 aliphatic carbocycles. The molecule has 0 bridgehead atoms. The number of carbonyl (C=O) groups excluding carboxylic acids is 1. The van der Waals surface area contributed by atoms with Gasteiger partial charge < -0.3 is 5.32 Å². The summed E-state index contributed by atoms with van der Waals surface area (Å²) in [7, 11) is 0. The molecule has 1 amide bonds. The van der Waals surface area contributed by atoms with E-state index in [1.165, 1.54) is 4.70 Å². The van der Waals surface area contributed by atoms with E-state index >= 15 is 0 Å². The molecule has 3 aromatic heterocycles. The Kier molecular flexibility index (Phi) is 6.68. The van der Waals surface area contributed by atoms with Gasteiger partial charge in [0, 0.05) is 11.9 Å². The molecule has 0 aliphatic rings. The van der Waals surface area contributed by atoms with Crippen molar-refractivity contribution in [3.63, 3.8) is 0 Å². The number of carbonyl (C=O) groups is 1. The van der Waals surface area contributed by atoms with Crippen molar-refractivity contribution >= 4 is 56.6 Å². The van der Waals surface area contributed by atoms with Crippen molar-refractivity contribution in [3.05, 3.63) is 59.5 Å². The van der Waals surface area contributed by atoms with Crippen molar-refractivity contribution in [2.24, 2.45) is 0 Å². The van der Waals surface area contributed by atoms with Crippen molar-refractivity contribution in [1.29, 1.82) is 0 Å². The lowest BCUT2D eigenvalue weighted by atomic mass is 10.2. The molecule has 6 nitrogen and oxygen atoms in total. The highest BCUT2D eigenvalue weighted by atomic mass is 32.2. The van der Waals surface area contributed by atoms with Crippen LogP contribution in [0.15, 0.2) is 48.7 Å². The SMILES string of the molecule is CSCCC(NC(=O)CSCc1nc2ccccc2s1)c1nnc2ccccn12. The van der Waals surface area contributed by atoms with Crippen LogP contribution >= 0.6 is 34.9 Å². The number of amides is 1. The number of nitrogens with zero attached hydrogens (tertiary/aromatic N) is 4. The monoisotopic (exact) mass is 443 g/mol. The van der Waals surface area contributed by atoms with Crippen LogP contribution in [0.3, 0.4) is 0 Å². The van der Waals surface area contributed by atoms with Gasteiger partial charge >= 0.3 is 0 Å². The third-order valence-electron chi connectivity index (χ3n) is 4.39. The lowest BCUT2D eigenvalue weighted by molar-refractivity contribution is -0.119. The highest BCUT2D eigenvalue weighted by Gasteiger charge is 2.20. The third kappa shape index (κ3) is 4.91. The summed E-state index contributed by atoms with van der Waals surface area (Å²) < 4.78 is 3.13. The number of benzene rings is 1. The van der Waals surface area contributed by atoms with Crippen LogP contribution in [0, 0.1) is 0 Å². The molecule has 4 aromatic rings. The Balaban J connectivity index is 1.37. The zero-order chi connectivity index (χ0) is 20.1. The van der Waals surface area contributed by atoms with E-state index in [0.717, 1.165) is 39.9 Å². The first-order valence-corrected chi connectivity index (χ1v) is 12.6. The summed E-state index contributed by atoms with van der Waals surface area (Å²) in [6.07, 6.45) is 4.81. The molecule has 29 heavy (non-hydrogen) atoms. The Bertz CT molecular complexity index is 1080. The van der Waals surface area contributed by atoms with Crippen LogP contribution < -0.4 is 5.32 Å². The zero-order valence-corrected chi connectivity index (χ0v) is 18.4. The van der Waals surface area contributed by atoms with Crippen LogP contribution in [-0.2, 0) is 10.5 Å². The Labute approximate surface area is 181 Å². The Hall–Kier alpha value is -2.10. The van der Waals surface area contributed by atoms with Crippen molar-refractivity contribution in [2.45, 2.75) is 18.2 Å². The molecule has 1 atom stereocenters. The van der Waals surface area contributed by atoms with Gasteiger partial charge in [-0.1, -0.05) is 18.2 Å². The zero-order valence-electron chi connectivity index (χ0n) is 15.9. The minimum Gasteiger partial charge on any atom is -0.345 e. The van der Waals surface area contributed by atoms with Gasteiger partial charge in [0.15, 0.2) is 11.5 Å². The second kappa shape index (κ2) is 9.60. The van der Waals surface area contributed by atoms with Crippen molar-refractivity contribution < 1.29 is 4.79 Å². The molecule has 0 saturated heterocycles. The van der Waals surface area contributed by atoms with Crippen molar-refractivity contribution in [2.75, 3.05) is 17.8 Å². The summed E-state index contributed by atoms with van der Waals surface area (Å²) in [4.78, 5) is 17.2. The van der Waals surface area contributed by atoms with Gasteiger partial charge in [-0.05, 0) is 42.7 Å². The van der Waals surface area contributed by atoms with Gasteiger partial charge in [-0.15, -0.1) is 33.3 Å². The maximum absolute atomic E-state index is 12.6. The molecule has 0 radical (unpaired) electrons. The predicted molar refractivity (Wildman–Crippen MR) is 123 cm³/mol. The van der Waals surface area contributed by atoms with Gasteiger partial charge in [-0.3, -0.25) is 9.20 Å². The summed E-state index contributed by atoms with van der Waals surface area (Å²) >= 11 is 5.03. The fourth-order valence-corrected chi connectivity index (χ4v) is 5.38. The Morgan fingerprint density at radius 3 is 2.93 bits per heavy atom. The molecular weight excluding hydrogens is 422 g/mol.